The molecule has 5 nitrogen and oxygen atoms in total. The van der Waals surface area contributed by atoms with Gasteiger partial charge in [-0.2, -0.15) is 0 Å². The second-order valence-electron chi connectivity index (χ2n) is 5.22. The van der Waals surface area contributed by atoms with Crippen LogP contribution in [0.5, 0.6) is 0 Å². The molecule has 1 amide bonds. The Hall–Kier alpha value is -1.88. The Morgan fingerprint density at radius 2 is 2.20 bits per heavy atom. The summed E-state index contributed by atoms with van der Waals surface area (Å²) in [6.07, 6.45) is 0.607. The number of carbonyl (C=O) groups is 2. The molecule has 1 unspecified atom stereocenters. The summed E-state index contributed by atoms with van der Waals surface area (Å²) in [6.45, 7) is 3.65. The average Bonchev–Trinajstić information content (AvgIpc) is 2.45. The number of aromatic carboxylic acids is 1. The SMILES string of the molecule is CNCC(C)C(=O)N1CCc2c(cccc2C(=O)O)C1. The van der Waals surface area contributed by atoms with E-state index in [1.165, 1.54) is 0 Å². The maximum absolute atomic E-state index is 12.3. The number of fused-ring (bicyclic) bond motifs is 1. The first-order chi connectivity index (χ1) is 9.54. The van der Waals surface area contributed by atoms with Gasteiger partial charge in [0.05, 0.1) is 5.56 Å². The van der Waals surface area contributed by atoms with Crippen LogP contribution >= 0.6 is 0 Å². The van der Waals surface area contributed by atoms with Crippen molar-refractivity contribution in [2.75, 3.05) is 20.1 Å². The predicted octanol–water partition coefficient (Wildman–Crippen LogP) is 1.12. The number of amides is 1. The Kier molecular flexibility index (Phi) is 4.39. The van der Waals surface area contributed by atoms with E-state index in [1.807, 2.05) is 24.9 Å². The van der Waals surface area contributed by atoms with Gasteiger partial charge < -0.3 is 15.3 Å². The molecule has 108 valence electrons. The van der Waals surface area contributed by atoms with Gasteiger partial charge in [0.1, 0.15) is 0 Å². The lowest BCUT2D eigenvalue weighted by molar-refractivity contribution is -0.135. The normalized spacial score (nSPS) is 15.6. The number of nitrogens with zero attached hydrogens (tertiary/aromatic N) is 1. The number of hydrogen-bond acceptors (Lipinski definition) is 3. The first kappa shape index (κ1) is 14.5. The molecule has 20 heavy (non-hydrogen) atoms. The molecular formula is C15H20N2O3. The lowest BCUT2D eigenvalue weighted by Gasteiger charge is -2.31. The zero-order valence-electron chi connectivity index (χ0n) is 11.8. The molecule has 1 heterocycles. The molecule has 2 N–H and O–H groups in total. The zero-order chi connectivity index (χ0) is 14.7. The van der Waals surface area contributed by atoms with E-state index in [-0.39, 0.29) is 11.8 Å². The summed E-state index contributed by atoms with van der Waals surface area (Å²) in [5.41, 5.74) is 2.17. The highest BCUT2D eigenvalue weighted by atomic mass is 16.4. The van der Waals surface area contributed by atoms with E-state index in [1.54, 1.807) is 12.1 Å². The lowest BCUT2D eigenvalue weighted by atomic mass is 9.94. The van der Waals surface area contributed by atoms with Crippen molar-refractivity contribution in [1.29, 1.82) is 0 Å². The van der Waals surface area contributed by atoms with Crippen LogP contribution in [0.25, 0.3) is 0 Å². The summed E-state index contributed by atoms with van der Waals surface area (Å²) in [6, 6.07) is 5.28. The highest BCUT2D eigenvalue weighted by molar-refractivity contribution is 5.90. The molecule has 0 aromatic heterocycles. The van der Waals surface area contributed by atoms with Gasteiger partial charge in [-0.1, -0.05) is 19.1 Å². The van der Waals surface area contributed by atoms with Crippen molar-refractivity contribution >= 4 is 11.9 Å². The molecule has 1 atom stereocenters. The van der Waals surface area contributed by atoms with Crippen molar-refractivity contribution in [2.45, 2.75) is 19.9 Å². The third-order valence-electron chi connectivity index (χ3n) is 3.74. The monoisotopic (exact) mass is 276 g/mol. The molecular weight excluding hydrogens is 256 g/mol. The van der Waals surface area contributed by atoms with Crippen LogP contribution in [-0.2, 0) is 17.8 Å². The number of carboxylic acid groups (broad SMARTS) is 1. The smallest absolute Gasteiger partial charge is 0.335 e. The average molecular weight is 276 g/mol. The summed E-state index contributed by atoms with van der Waals surface area (Å²) in [7, 11) is 1.83. The molecule has 2 rings (SSSR count). The van der Waals surface area contributed by atoms with Gasteiger partial charge >= 0.3 is 5.97 Å². The molecule has 0 saturated heterocycles. The maximum Gasteiger partial charge on any atom is 0.335 e. The van der Waals surface area contributed by atoms with Crippen molar-refractivity contribution in [3.05, 3.63) is 34.9 Å². The second-order valence-corrected chi connectivity index (χ2v) is 5.22. The number of nitrogens with one attached hydrogen (secondary N) is 1. The fraction of sp³-hybridized carbons (Fsp3) is 0.467. The van der Waals surface area contributed by atoms with Gasteiger partial charge in [0, 0.05) is 25.6 Å². The van der Waals surface area contributed by atoms with E-state index in [4.69, 9.17) is 0 Å². The van der Waals surface area contributed by atoms with Gasteiger partial charge in [-0.3, -0.25) is 4.79 Å². The lowest BCUT2D eigenvalue weighted by Crippen LogP contribution is -2.41. The second kappa shape index (κ2) is 6.05. The summed E-state index contributed by atoms with van der Waals surface area (Å²) < 4.78 is 0. The number of hydrogen-bond donors (Lipinski definition) is 2. The minimum Gasteiger partial charge on any atom is -0.478 e. The van der Waals surface area contributed by atoms with Crippen molar-refractivity contribution in [1.82, 2.24) is 10.2 Å². The Balaban J connectivity index is 2.18. The third-order valence-corrected chi connectivity index (χ3v) is 3.74. The fourth-order valence-corrected chi connectivity index (χ4v) is 2.70. The van der Waals surface area contributed by atoms with Crippen LogP contribution in [0.1, 0.15) is 28.4 Å². The maximum atomic E-state index is 12.3. The molecule has 1 aromatic carbocycles. The molecule has 1 aliphatic rings. The first-order valence-electron chi connectivity index (χ1n) is 6.82. The Labute approximate surface area is 118 Å². The molecule has 0 bridgehead atoms. The van der Waals surface area contributed by atoms with Crippen LogP contribution in [0, 0.1) is 5.92 Å². The standard InChI is InChI=1S/C15H20N2O3/c1-10(8-16-2)14(18)17-7-6-12-11(9-17)4-3-5-13(12)15(19)20/h3-5,10,16H,6-9H2,1-2H3,(H,19,20). The van der Waals surface area contributed by atoms with Crippen LogP contribution in [0.4, 0.5) is 0 Å². The number of rotatable bonds is 4. The van der Waals surface area contributed by atoms with Crippen LogP contribution in [0.15, 0.2) is 18.2 Å². The minimum atomic E-state index is -0.898. The molecule has 0 saturated carbocycles. The number of benzene rings is 1. The molecule has 0 radical (unpaired) electrons. The van der Waals surface area contributed by atoms with Gasteiger partial charge in [0.25, 0.3) is 0 Å². The zero-order valence-corrected chi connectivity index (χ0v) is 11.8. The Morgan fingerprint density at radius 3 is 2.85 bits per heavy atom. The molecule has 0 fully saturated rings. The van der Waals surface area contributed by atoms with Gasteiger partial charge in [0.2, 0.25) is 5.91 Å². The van der Waals surface area contributed by atoms with E-state index >= 15 is 0 Å². The van der Waals surface area contributed by atoms with Gasteiger partial charge in [-0.25, -0.2) is 4.79 Å². The molecule has 5 heteroatoms. The largest absolute Gasteiger partial charge is 0.478 e. The van der Waals surface area contributed by atoms with E-state index in [9.17, 15) is 14.7 Å². The molecule has 1 aliphatic heterocycles. The third kappa shape index (κ3) is 2.82. The Bertz CT molecular complexity index is 528. The van der Waals surface area contributed by atoms with E-state index in [0.29, 0.717) is 31.6 Å². The van der Waals surface area contributed by atoms with Crippen molar-refractivity contribution < 1.29 is 14.7 Å². The number of carbonyl (C=O) groups excluding carboxylic acids is 1. The van der Waals surface area contributed by atoms with Gasteiger partial charge in [0.15, 0.2) is 0 Å². The van der Waals surface area contributed by atoms with Crippen LogP contribution in [0.3, 0.4) is 0 Å². The van der Waals surface area contributed by atoms with E-state index < -0.39 is 5.97 Å². The fourth-order valence-electron chi connectivity index (χ4n) is 2.70. The molecule has 0 aliphatic carbocycles. The predicted molar refractivity (Wildman–Crippen MR) is 75.6 cm³/mol. The van der Waals surface area contributed by atoms with Crippen molar-refractivity contribution in [3.8, 4) is 0 Å². The summed E-state index contributed by atoms with van der Waals surface area (Å²) in [5, 5.41) is 12.2. The van der Waals surface area contributed by atoms with Crippen LogP contribution in [0.2, 0.25) is 0 Å². The van der Waals surface area contributed by atoms with E-state index in [0.717, 1.165) is 11.1 Å². The van der Waals surface area contributed by atoms with Gasteiger partial charge in [-0.05, 0) is 30.7 Å². The first-order valence-corrected chi connectivity index (χ1v) is 6.82. The molecule has 0 spiro atoms. The highest BCUT2D eigenvalue weighted by Gasteiger charge is 2.26. The van der Waals surface area contributed by atoms with Crippen LogP contribution in [-0.4, -0.2) is 42.0 Å². The minimum absolute atomic E-state index is 0.0655. The van der Waals surface area contributed by atoms with Crippen molar-refractivity contribution in [3.63, 3.8) is 0 Å². The summed E-state index contributed by atoms with van der Waals surface area (Å²) in [4.78, 5) is 25.3. The Morgan fingerprint density at radius 1 is 1.45 bits per heavy atom. The number of carboxylic acids is 1. The van der Waals surface area contributed by atoms with Gasteiger partial charge in [-0.15, -0.1) is 0 Å². The van der Waals surface area contributed by atoms with E-state index in [2.05, 4.69) is 5.32 Å². The van der Waals surface area contributed by atoms with Crippen molar-refractivity contribution in [2.24, 2.45) is 5.92 Å². The molecule has 1 aromatic rings. The highest BCUT2D eigenvalue weighted by Crippen LogP contribution is 2.23. The van der Waals surface area contributed by atoms with Crippen LogP contribution < -0.4 is 5.32 Å². The topological polar surface area (TPSA) is 69.6 Å². The summed E-state index contributed by atoms with van der Waals surface area (Å²) >= 11 is 0. The summed E-state index contributed by atoms with van der Waals surface area (Å²) in [5.74, 6) is -0.847. The quantitative estimate of drug-likeness (QED) is 0.865.